The molecule has 5 amide bonds. The molecule has 1 saturated heterocycles. The highest BCUT2D eigenvalue weighted by molar-refractivity contribution is 6.26. The number of amides is 5. The van der Waals surface area contributed by atoms with Crippen LogP contribution in [-0.2, 0) is 32.0 Å². The van der Waals surface area contributed by atoms with E-state index < -0.39 is 29.7 Å². The molecule has 0 aromatic heterocycles. The molecule has 9 nitrogen and oxygen atoms in total. The summed E-state index contributed by atoms with van der Waals surface area (Å²) >= 11 is 0. The van der Waals surface area contributed by atoms with Crippen molar-refractivity contribution in [2.24, 2.45) is 0 Å². The highest BCUT2D eigenvalue weighted by Gasteiger charge is 2.45. The maximum absolute atomic E-state index is 13.1. The topological polar surface area (TPSA) is 130 Å². The number of rotatable bonds is 6. The number of imide groups is 2. The number of hydrogen-bond donors (Lipinski definition) is 2. The van der Waals surface area contributed by atoms with Crippen LogP contribution in [0.25, 0.3) is 0 Å². The van der Waals surface area contributed by atoms with Crippen molar-refractivity contribution in [3.05, 3.63) is 64.7 Å². The number of aldehydes is 1. The molecule has 1 unspecified atom stereocenters. The first-order chi connectivity index (χ1) is 15.4. The number of piperidine rings is 1. The molecule has 1 fully saturated rings. The summed E-state index contributed by atoms with van der Waals surface area (Å²) in [6.07, 6.45) is 1.21. The zero-order valence-electron chi connectivity index (χ0n) is 16.9. The first-order valence-corrected chi connectivity index (χ1v) is 10.0. The summed E-state index contributed by atoms with van der Waals surface area (Å²) in [4.78, 5) is 73.5. The molecule has 0 aliphatic carbocycles. The summed E-state index contributed by atoms with van der Waals surface area (Å²) in [7, 11) is 0. The number of anilines is 1. The smallest absolute Gasteiger partial charge is 0.264 e. The Morgan fingerprint density at radius 3 is 2.44 bits per heavy atom. The molecule has 0 bridgehead atoms. The van der Waals surface area contributed by atoms with Crippen LogP contribution in [0.1, 0.15) is 44.7 Å². The van der Waals surface area contributed by atoms with Gasteiger partial charge in [-0.15, -0.1) is 0 Å². The fourth-order valence-corrected chi connectivity index (χ4v) is 3.89. The number of hydrogen-bond acceptors (Lipinski definition) is 6. The molecule has 2 aromatic rings. The highest BCUT2D eigenvalue weighted by atomic mass is 16.2. The van der Waals surface area contributed by atoms with Crippen LogP contribution in [-0.4, -0.2) is 46.8 Å². The van der Waals surface area contributed by atoms with Gasteiger partial charge in [0, 0.05) is 12.8 Å². The minimum absolute atomic E-state index is 0.0249. The molecule has 32 heavy (non-hydrogen) atoms. The van der Waals surface area contributed by atoms with E-state index in [9.17, 15) is 28.8 Å². The van der Waals surface area contributed by atoms with Crippen LogP contribution >= 0.6 is 0 Å². The number of carbonyl (C=O) groups is 6. The lowest BCUT2D eigenvalue weighted by Gasteiger charge is -2.27. The summed E-state index contributed by atoms with van der Waals surface area (Å²) < 4.78 is 0. The van der Waals surface area contributed by atoms with E-state index in [-0.39, 0.29) is 42.0 Å². The van der Waals surface area contributed by atoms with Crippen LogP contribution in [0.4, 0.5) is 5.69 Å². The SMILES string of the molecule is O=CCc1ccc(CC(=O)Nc2cccc3c2C(=O)N(C2CCC(=O)NC2=O)C3=O)cc1. The highest BCUT2D eigenvalue weighted by Crippen LogP contribution is 2.32. The lowest BCUT2D eigenvalue weighted by Crippen LogP contribution is -2.54. The average molecular weight is 433 g/mol. The predicted molar refractivity (Wildman–Crippen MR) is 112 cm³/mol. The third kappa shape index (κ3) is 3.92. The molecular weight excluding hydrogens is 414 g/mol. The van der Waals surface area contributed by atoms with Gasteiger partial charge in [-0.05, 0) is 29.7 Å². The van der Waals surface area contributed by atoms with Crippen LogP contribution < -0.4 is 10.6 Å². The Balaban J connectivity index is 1.52. The van der Waals surface area contributed by atoms with Crippen LogP contribution in [0.5, 0.6) is 0 Å². The van der Waals surface area contributed by atoms with E-state index in [2.05, 4.69) is 10.6 Å². The summed E-state index contributed by atoms with van der Waals surface area (Å²) in [5.74, 6) is -2.86. The summed E-state index contributed by atoms with van der Waals surface area (Å²) in [6.45, 7) is 0. The monoisotopic (exact) mass is 433 g/mol. The van der Waals surface area contributed by atoms with E-state index in [1.54, 1.807) is 30.3 Å². The first kappa shape index (κ1) is 21.1. The van der Waals surface area contributed by atoms with Crippen molar-refractivity contribution in [3.8, 4) is 0 Å². The Hall–Kier alpha value is -4.14. The lowest BCUT2D eigenvalue weighted by molar-refractivity contribution is -0.136. The fourth-order valence-electron chi connectivity index (χ4n) is 3.89. The Bertz CT molecular complexity index is 1150. The minimum atomic E-state index is -1.08. The van der Waals surface area contributed by atoms with Crippen LogP contribution in [0, 0.1) is 0 Å². The van der Waals surface area contributed by atoms with E-state index in [1.807, 2.05) is 0 Å². The number of benzene rings is 2. The molecule has 0 radical (unpaired) electrons. The molecule has 162 valence electrons. The molecule has 0 saturated carbocycles. The summed E-state index contributed by atoms with van der Waals surface area (Å²) in [6, 6.07) is 10.5. The molecular formula is C23H19N3O6. The average Bonchev–Trinajstić information content (AvgIpc) is 3.01. The third-order valence-corrected chi connectivity index (χ3v) is 5.45. The number of fused-ring (bicyclic) bond motifs is 1. The van der Waals surface area contributed by atoms with E-state index >= 15 is 0 Å². The van der Waals surface area contributed by atoms with Gasteiger partial charge in [-0.25, -0.2) is 0 Å². The largest absolute Gasteiger partial charge is 0.325 e. The maximum atomic E-state index is 13.1. The van der Waals surface area contributed by atoms with Crippen molar-refractivity contribution < 1.29 is 28.8 Å². The van der Waals surface area contributed by atoms with Gasteiger partial charge in [0.15, 0.2) is 0 Å². The Labute approximate surface area is 182 Å². The molecule has 9 heteroatoms. The van der Waals surface area contributed by atoms with Crippen molar-refractivity contribution >= 4 is 41.5 Å². The van der Waals surface area contributed by atoms with Gasteiger partial charge in [0.1, 0.15) is 12.3 Å². The van der Waals surface area contributed by atoms with Crippen molar-refractivity contribution in [2.75, 3.05) is 5.32 Å². The molecule has 2 N–H and O–H groups in total. The molecule has 2 aliphatic heterocycles. The van der Waals surface area contributed by atoms with Crippen molar-refractivity contribution in [1.82, 2.24) is 10.2 Å². The summed E-state index contributed by atoms with van der Waals surface area (Å²) in [5.41, 5.74) is 1.85. The molecule has 0 spiro atoms. The van der Waals surface area contributed by atoms with Crippen LogP contribution in [0.3, 0.4) is 0 Å². The quantitative estimate of drug-likeness (QED) is 0.517. The lowest BCUT2D eigenvalue weighted by atomic mass is 10.0. The van der Waals surface area contributed by atoms with E-state index in [0.717, 1.165) is 22.3 Å². The normalized spacial score (nSPS) is 17.8. The molecule has 2 aromatic carbocycles. The van der Waals surface area contributed by atoms with E-state index in [4.69, 9.17) is 0 Å². The second kappa shape index (κ2) is 8.54. The van der Waals surface area contributed by atoms with Gasteiger partial charge in [-0.2, -0.15) is 0 Å². The van der Waals surface area contributed by atoms with Gasteiger partial charge in [0.25, 0.3) is 11.8 Å². The van der Waals surface area contributed by atoms with Crippen molar-refractivity contribution in [2.45, 2.75) is 31.7 Å². The second-order valence-electron chi connectivity index (χ2n) is 7.59. The van der Waals surface area contributed by atoms with Crippen LogP contribution in [0.2, 0.25) is 0 Å². The Kier molecular flexibility index (Phi) is 5.63. The van der Waals surface area contributed by atoms with Gasteiger partial charge in [-0.3, -0.25) is 34.2 Å². The number of carbonyl (C=O) groups excluding carboxylic acids is 6. The third-order valence-electron chi connectivity index (χ3n) is 5.45. The second-order valence-corrected chi connectivity index (χ2v) is 7.59. The van der Waals surface area contributed by atoms with Crippen molar-refractivity contribution in [1.29, 1.82) is 0 Å². The molecule has 2 heterocycles. The summed E-state index contributed by atoms with van der Waals surface area (Å²) in [5, 5.41) is 4.82. The number of nitrogens with one attached hydrogen (secondary N) is 2. The molecule has 1 atom stereocenters. The van der Waals surface area contributed by atoms with E-state index in [1.165, 1.54) is 12.1 Å². The van der Waals surface area contributed by atoms with Crippen LogP contribution in [0.15, 0.2) is 42.5 Å². The Morgan fingerprint density at radius 1 is 1.03 bits per heavy atom. The van der Waals surface area contributed by atoms with Gasteiger partial charge in [-0.1, -0.05) is 30.3 Å². The molecule has 2 aliphatic rings. The number of nitrogens with zero attached hydrogens (tertiary/aromatic N) is 1. The van der Waals surface area contributed by atoms with Gasteiger partial charge in [0.2, 0.25) is 17.7 Å². The van der Waals surface area contributed by atoms with E-state index in [0.29, 0.717) is 6.42 Å². The Morgan fingerprint density at radius 2 is 1.75 bits per heavy atom. The van der Waals surface area contributed by atoms with Gasteiger partial charge >= 0.3 is 0 Å². The van der Waals surface area contributed by atoms with Crippen molar-refractivity contribution in [3.63, 3.8) is 0 Å². The van der Waals surface area contributed by atoms with Gasteiger partial charge < -0.3 is 10.1 Å². The standard InChI is InChI=1S/C23H19N3O6/c27-11-10-13-4-6-14(7-5-13)12-19(29)24-16-3-1-2-15-20(16)23(32)26(22(15)31)17-8-9-18(28)25-21(17)30/h1-7,11,17H,8-10,12H2,(H,24,29)(H,25,28,30). The minimum Gasteiger partial charge on any atom is -0.325 e. The predicted octanol–water partition coefficient (Wildman–Crippen LogP) is 1.01. The first-order valence-electron chi connectivity index (χ1n) is 10.0. The maximum Gasteiger partial charge on any atom is 0.264 e. The zero-order chi connectivity index (χ0) is 22.8. The van der Waals surface area contributed by atoms with Gasteiger partial charge in [0.05, 0.1) is 23.2 Å². The fraction of sp³-hybridized carbons (Fsp3) is 0.217. The zero-order valence-corrected chi connectivity index (χ0v) is 16.9. The molecule has 4 rings (SSSR count).